The number of benzene rings is 1. The first-order valence-corrected chi connectivity index (χ1v) is 15.9. The van der Waals surface area contributed by atoms with Crippen molar-refractivity contribution >= 4 is 28.0 Å². The Morgan fingerprint density at radius 1 is 1.16 bits per heavy atom. The lowest BCUT2D eigenvalue weighted by atomic mass is 9.76. The van der Waals surface area contributed by atoms with Gasteiger partial charge < -0.3 is 24.9 Å². The highest BCUT2D eigenvalue weighted by Gasteiger charge is 2.48. The maximum absolute atomic E-state index is 6.48. The second-order valence-electron chi connectivity index (χ2n) is 14.3. The van der Waals surface area contributed by atoms with Crippen LogP contribution in [0.3, 0.4) is 0 Å². The van der Waals surface area contributed by atoms with Crippen molar-refractivity contribution in [3.8, 4) is 0 Å². The number of hydrogen-bond donors (Lipinski definition) is 2. The van der Waals surface area contributed by atoms with Crippen LogP contribution in [0, 0.1) is 5.92 Å². The number of hydrogen-bond acceptors (Lipinski definition) is 9. The molecule has 1 aliphatic carbocycles. The van der Waals surface area contributed by atoms with Crippen molar-refractivity contribution in [3.05, 3.63) is 42.2 Å². The van der Waals surface area contributed by atoms with Gasteiger partial charge in [0.1, 0.15) is 29.9 Å². The Kier molecular flexibility index (Phi) is 8.19. The molecule has 3 atom stereocenters. The van der Waals surface area contributed by atoms with Gasteiger partial charge >= 0.3 is 0 Å². The van der Waals surface area contributed by atoms with E-state index >= 15 is 0 Å². The van der Waals surface area contributed by atoms with E-state index in [2.05, 4.69) is 77.7 Å². The van der Waals surface area contributed by atoms with Gasteiger partial charge in [0.25, 0.3) is 0 Å². The highest BCUT2D eigenvalue weighted by atomic mass is 16.8. The molecule has 4 aromatic rings. The number of ether oxygens (including phenoxy) is 3. The zero-order chi connectivity index (χ0) is 31.4. The van der Waals surface area contributed by atoms with Crippen molar-refractivity contribution < 1.29 is 14.2 Å². The molecule has 3 N–H and O–H groups in total. The summed E-state index contributed by atoms with van der Waals surface area (Å²) in [6.07, 6.45) is 6.52. The fourth-order valence-corrected chi connectivity index (χ4v) is 6.80. The molecule has 3 aromatic heterocycles. The van der Waals surface area contributed by atoms with Crippen LogP contribution in [0.15, 0.2) is 30.9 Å². The minimum Gasteiger partial charge on any atom is -0.382 e. The van der Waals surface area contributed by atoms with E-state index in [1.165, 1.54) is 24.7 Å². The van der Waals surface area contributed by atoms with Gasteiger partial charge in [0.15, 0.2) is 23.5 Å². The van der Waals surface area contributed by atoms with Crippen LogP contribution < -0.4 is 5.73 Å². The summed E-state index contributed by atoms with van der Waals surface area (Å²) in [5, 5.41) is 0. The molecule has 44 heavy (non-hydrogen) atoms. The quantitative estimate of drug-likeness (QED) is 0.245. The van der Waals surface area contributed by atoms with E-state index in [0.29, 0.717) is 35.0 Å². The molecule has 2 fully saturated rings. The van der Waals surface area contributed by atoms with Crippen LogP contribution in [0.2, 0.25) is 0 Å². The van der Waals surface area contributed by atoms with Crippen LogP contribution in [0.4, 0.5) is 5.82 Å². The van der Waals surface area contributed by atoms with E-state index in [0.717, 1.165) is 36.2 Å². The van der Waals surface area contributed by atoms with Crippen molar-refractivity contribution in [1.82, 2.24) is 34.4 Å². The van der Waals surface area contributed by atoms with Gasteiger partial charge in [0.2, 0.25) is 0 Å². The maximum Gasteiger partial charge on any atom is 0.169 e. The van der Waals surface area contributed by atoms with Gasteiger partial charge in [0, 0.05) is 32.2 Å². The zero-order valence-electron chi connectivity index (χ0n) is 27.4. The summed E-state index contributed by atoms with van der Waals surface area (Å²) >= 11 is 0. The van der Waals surface area contributed by atoms with E-state index in [4.69, 9.17) is 24.9 Å². The summed E-state index contributed by atoms with van der Waals surface area (Å²) in [7, 11) is 1.75. The van der Waals surface area contributed by atoms with Crippen molar-refractivity contribution in [2.75, 3.05) is 19.4 Å². The molecule has 6 rings (SSSR count). The number of anilines is 1. The molecule has 1 saturated carbocycles. The number of rotatable bonds is 10. The molecule has 2 aliphatic rings. The fourth-order valence-electron chi connectivity index (χ4n) is 6.80. The highest BCUT2D eigenvalue weighted by molar-refractivity contribution is 5.81. The van der Waals surface area contributed by atoms with Crippen LogP contribution in [-0.2, 0) is 26.0 Å². The number of nitrogens with one attached hydrogen (secondary N) is 1. The topological polar surface area (TPSA) is 129 Å². The molecule has 1 aromatic carbocycles. The zero-order valence-corrected chi connectivity index (χ0v) is 27.4. The van der Waals surface area contributed by atoms with Gasteiger partial charge in [0.05, 0.1) is 17.4 Å². The number of aryl methyl sites for hydroxylation is 1. The molecular weight excluding hydrogens is 556 g/mol. The summed E-state index contributed by atoms with van der Waals surface area (Å²) < 4.78 is 20.9. The first-order valence-electron chi connectivity index (χ1n) is 15.9. The van der Waals surface area contributed by atoms with Gasteiger partial charge in [-0.15, -0.1) is 0 Å². The van der Waals surface area contributed by atoms with E-state index < -0.39 is 12.0 Å². The Balaban J connectivity index is 1.10. The molecule has 1 saturated heterocycles. The van der Waals surface area contributed by atoms with Gasteiger partial charge in [-0.2, -0.15) is 0 Å². The van der Waals surface area contributed by atoms with Gasteiger partial charge in [-0.05, 0) is 76.0 Å². The molecule has 0 radical (unpaired) electrons. The first kappa shape index (κ1) is 30.9. The summed E-state index contributed by atoms with van der Waals surface area (Å²) in [4.78, 5) is 24.0. The number of nitrogens with zero attached hydrogens (tertiary/aromatic N) is 6. The number of nitrogens with two attached hydrogens (primary N) is 1. The Labute approximate surface area is 259 Å². The summed E-state index contributed by atoms with van der Waals surface area (Å²) in [5.41, 5.74) is 10.8. The Morgan fingerprint density at radius 3 is 2.64 bits per heavy atom. The van der Waals surface area contributed by atoms with Gasteiger partial charge in [-0.3, -0.25) is 9.47 Å². The first-order chi connectivity index (χ1) is 20.8. The van der Waals surface area contributed by atoms with Crippen molar-refractivity contribution in [3.63, 3.8) is 0 Å². The Hall–Kier alpha value is -3.12. The molecule has 0 bridgehead atoms. The molecule has 11 nitrogen and oxygen atoms in total. The second-order valence-corrected chi connectivity index (χ2v) is 14.3. The molecule has 0 spiro atoms. The van der Waals surface area contributed by atoms with Crippen molar-refractivity contribution in [1.29, 1.82) is 0 Å². The molecule has 238 valence electrons. The molecule has 11 heteroatoms. The maximum atomic E-state index is 6.48. The summed E-state index contributed by atoms with van der Waals surface area (Å²) in [6, 6.07) is 7.47. The number of nitrogen functional groups attached to an aromatic ring is 1. The third-order valence-corrected chi connectivity index (χ3v) is 9.36. The largest absolute Gasteiger partial charge is 0.382 e. The van der Waals surface area contributed by atoms with Crippen molar-refractivity contribution in [2.45, 2.75) is 116 Å². The second kappa shape index (κ2) is 11.7. The average molecular weight is 605 g/mol. The molecular formula is C33H48N8O3. The predicted octanol–water partition coefficient (Wildman–Crippen LogP) is 5.37. The van der Waals surface area contributed by atoms with E-state index in [-0.39, 0.29) is 17.6 Å². The normalized spacial score (nSPS) is 24.5. The highest BCUT2D eigenvalue weighted by Crippen LogP contribution is 2.41. The molecule has 0 unspecified atom stereocenters. The number of aromatic amines is 1. The summed E-state index contributed by atoms with van der Waals surface area (Å²) in [6.45, 7) is 15.8. The summed E-state index contributed by atoms with van der Waals surface area (Å²) in [5.74, 6) is 1.31. The number of H-pyrrole nitrogens is 1. The van der Waals surface area contributed by atoms with Gasteiger partial charge in [-0.1, -0.05) is 26.8 Å². The third-order valence-electron chi connectivity index (χ3n) is 9.36. The SMILES string of the molecule is CO[C@H](CN(C(C)C)C1CC(CCc2nc3cc(C(C)(C)C)ccc3[nH]2)C1)[C@H]1OC(C)(C)O[C@H]1n1cnc2c(N)ncnc21. The number of aromatic nitrogens is 6. The van der Waals surface area contributed by atoms with E-state index in [1.54, 1.807) is 13.4 Å². The lowest BCUT2D eigenvalue weighted by Crippen LogP contribution is -2.53. The van der Waals surface area contributed by atoms with E-state index in [1.807, 2.05) is 18.4 Å². The smallest absolute Gasteiger partial charge is 0.169 e. The third kappa shape index (κ3) is 6.07. The minimum absolute atomic E-state index is 0.115. The Bertz CT molecular complexity index is 1600. The molecule has 0 amide bonds. The predicted molar refractivity (Wildman–Crippen MR) is 171 cm³/mol. The lowest BCUT2D eigenvalue weighted by molar-refractivity contribution is -0.163. The van der Waals surface area contributed by atoms with Crippen LogP contribution in [0.5, 0.6) is 0 Å². The van der Waals surface area contributed by atoms with E-state index in [9.17, 15) is 0 Å². The molecule has 1 aliphatic heterocycles. The minimum atomic E-state index is -0.795. The standard InChI is InChI=1S/C33H48N8O3/c1-19(2)40(22-13-20(14-22)9-12-26-38-23-11-10-21(32(3,4)5)15-24(23)39-26)16-25(42-8)28-31(44-33(6,7)43-28)41-18-37-27-29(34)35-17-36-30(27)41/h10-11,15,17-20,22,25,28,31H,9,12-14,16H2,1-8H3,(H,38,39)(H2,34,35,36)/t20?,22?,25-,28-,31-/m1/s1. The number of methoxy groups -OCH3 is 1. The van der Waals surface area contributed by atoms with Crippen LogP contribution in [-0.4, -0.2) is 78.1 Å². The van der Waals surface area contributed by atoms with Crippen LogP contribution in [0.25, 0.3) is 22.2 Å². The molecule has 4 heterocycles. The van der Waals surface area contributed by atoms with Crippen molar-refractivity contribution in [2.24, 2.45) is 5.92 Å². The monoisotopic (exact) mass is 604 g/mol. The number of imidazole rings is 2. The fraction of sp³-hybridized carbons (Fsp3) is 0.636. The Morgan fingerprint density at radius 2 is 1.93 bits per heavy atom. The van der Waals surface area contributed by atoms with Crippen LogP contribution >= 0.6 is 0 Å². The lowest BCUT2D eigenvalue weighted by Gasteiger charge is -2.46. The van der Waals surface area contributed by atoms with Crippen LogP contribution in [0.1, 0.15) is 85.3 Å². The number of fused-ring (bicyclic) bond motifs is 2. The average Bonchev–Trinajstić information content (AvgIpc) is 3.63. The van der Waals surface area contributed by atoms with Gasteiger partial charge in [-0.25, -0.2) is 19.9 Å².